The molecule has 0 aliphatic carbocycles. The van der Waals surface area contributed by atoms with Crippen molar-refractivity contribution in [2.75, 3.05) is 25.6 Å². The summed E-state index contributed by atoms with van der Waals surface area (Å²) in [5.41, 5.74) is 9.31. The molecule has 1 rings (SSSR count). The van der Waals surface area contributed by atoms with E-state index in [1.165, 1.54) is 5.69 Å². The minimum absolute atomic E-state index is 0.174. The Morgan fingerprint density at radius 3 is 2.19 bits per heavy atom. The molecule has 3 nitrogen and oxygen atoms in total. The summed E-state index contributed by atoms with van der Waals surface area (Å²) in [5, 5.41) is 0. The van der Waals surface area contributed by atoms with Crippen molar-refractivity contribution in [3.05, 3.63) is 23.3 Å². The molecule has 1 aromatic carbocycles. The molecule has 3 heteroatoms. The molecule has 0 saturated carbocycles. The molecule has 0 radical (unpaired) electrons. The maximum Gasteiger partial charge on any atom is 0.124 e. The van der Waals surface area contributed by atoms with Gasteiger partial charge < -0.3 is 15.4 Å². The van der Waals surface area contributed by atoms with Gasteiger partial charge in [0.05, 0.1) is 7.11 Å². The Morgan fingerprint density at radius 2 is 1.81 bits per heavy atom. The third-order valence-electron chi connectivity index (χ3n) is 2.65. The highest BCUT2D eigenvalue weighted by molar-refractivity contribution is 5.56. The zero-order valence-electron chi connectivity index (χ0n) is 10.9. The van der Waals surface area contributed by atoms with Crippen LogP contribution in [0.3, 0.4) is 0 Å². The fourth-order valence-electron chi connectivity index (χ4n) is 2.01. The van der Waals surface area contributed by atoms with Gasteiger partial charge in [-0.15, -0.1) is 0 Å². The van der Waals surface area contributed by atoms with Gasteiger partial charge in [-0.1, -0.05) is 0 Å². The predicted octanol–water partition coefficient (Wildman–Crippen LogP) is 2.10. The van der Waals surface area contributed by atoms with Crippen LogP contribution < -0.4 is 15.4 Å². The minimum atomic E-state index is 0.174. The maximum absolute atomic E-state index is 5.80. The van der Waals surface area contributed by atoms with E-state index in [0.717, 1.165) is 23.4 Å². The highest BCUT2D eigenvalue weighted by Gasteiger charge is 2.09. The monoisotopic (exact) mass is 222 g/mol. The third-order valence-corrected chi connectivity index (χ3v) is 2.65. The van der Waals surface area contributed by atoms with Gasteiger partial charge >= 0.3 is 0 Å². The molecule has 0 amide bonds. The average Bonchev–Trinajstić information content (AvgIpc) is 2.16. The summed E-state index contributed by atoms with van der Waals surface area (Å²) in [7, 11) is 3.77. The summed E-state index contributed by atoms with van der Waals surface area (Å²) in [4.78, 5) is 2.17. The summed E-state index contributed by atoms with van der Waals surface area (Å²) >= 11 is 0. The molecule has 16 heavy (non-hydrogen) atoms. The van der Waals surface area contributed by atoms with Crippen molar-refractivity contribution in [2.24, 2.45) is 5.73 Å². The number of anilines is 1. The highest BCUT2D eigenvalue weighted by atomic mass is 16.5. The van der Waals surface area contributed by atoms with Gasteiger partial charge in [0, 0.05) is 25.3 Å². The van der Waals surface area contributed by atoms with E-state index in [2.05, 4.69) is 37.9 Å². The van der Waals surface area contributed by atoms with Crippen molar-refractivity contribution >= 4 is 5.69 Å². The normalized spacial score (nSPS) is 12.4. The Morgan fingerprint density at radius 1 is 1.31 bits per heavy atom. The number of aryl methyl sites for hydroxylation is 2. The van der Waals surface area contributed by atoms with Crippen LogP contribution in [0.2, 0.25) is 0 Å². The van der Waals surface area contributed by atoms with Crippen LogP contribution in [0.4, 0.5) is 5.69 Å². The fourth-order valence-corrected chi connectivity index (χ4v) is 2.01. The third kappa shape index (κ3) is 2.89. The van der Waals surface area contributed by atoms with E-state index < -0.39 is 0 Å². The average molecular weight is 222 g/mol. The summed E-state index contributed by atoms with van der Waals surface area (Å²) in [6.07, 6.45) is 0. The van der Waals surface area contributed by atoms with Gasteiger partial charge in [-0.05, 0) is 44.0 Å². The van der Waals surface area contributed by atoms with E-state index in [1.54, 1.807) is 7.11 Å². The Bertz CT molecular complexity index is 338. The molecule has 0 aromatic heterocycles. The van der Waals surface area contributed by atoms with Gasteiger partial charge in [0.2, 0.25) is 0 Å². The number of hydrogen-bond acceptors (Lipinski definition) is 3. The molecule has 90 valence electrons. The van der Waals surface area contributed by atoms with E-state index >= 15 is 0 Å². The molecule has 0 heterocycles. The molecule has 1 aromatic rings. The lowest BCUT2D eigenvalue weighted by atomic mass is 10.1. The van der Waals surface area contributed by atoms with Crippen molar-refractivity contribution in [3.8, 4) is 5.75 Å². The van der Waals surface area contributed by atoms with Crippen LogP contribution in [0.1, 0.15) is 18.1 Å². The molecule has 0 saturated heterocycles. The maximum atomic E-state index is 5.80. The molecule has 1 unspecified atom stereocenters. The van der Waals surface area contributed by atoms with Crippen molar-refractivity contribution in [3.63, 3.8) is 0 Å². The standard InChI is InChI=1S/C13H22N2O/c1-9-6-12(15(4)8-11(3)14)7-10(2)13(9)16-5/h6-7,11H,8,14H2,1-5H3. The Kier molecular flexibility index (Phi) is 4.19. The van der Waals surface area contributed by atoms with Crippen LogP contribution >= 0.6 is 0 Å². The van der Waals surface area contributed by atoms with Gasteiger partial charge in [-0.25, -0.2) is 0 Å². The lowest BCUT2D eigenvalue weighted by molar-refractivity contribution is 0.408. The number of hydrogen-bond donors (Lipinski definition) is 1. The first kappa shape index (κ1) is 12.8. The molecule has 0 aliphatic heterocycles. The second-order valence-electron chi connectivity index (χ2n) is 4.47. The summed E-state index contributed by atoms with van der Waals surface area (Å²) in [6.45, 7) is 7.00. The topological polar surface area (TPSA) is 38.5 Å². The van der Waals surface area contributed by atoms with Crippen LogP contribution in [0.15, 0.2) is 12.1 Å². The van der Waals surface area contributed by atoms with Crippen molar-refractivity contribution in [1.29, 1.82) is 0 Å². The fraction of sp³-hybridized carbons (Fsp3) is 0.538. The molecular weight excluding hydrogens is 200 g/mol. The zero-order chi connectivity index (χ0) is 12.3. The molecule has 0 spiro atoms. The zero-order valence-corrected chi connectivity index (χ0v) is 10.9. The summed E-state index contributed by atoms with van der Waals surface area (Å²) in [5.74, 6) is 0.970. The predicted molar refractivity (Wildman–Crippen MR) is 69.4 cm³/mol. The number of methoxy groups -OCH3 is 1. The summed E-state index contributed by atoms with van der Waals surface area (Å²) in [6, 6.07) is 4.44. The first-order chi connectivity index (χ1) is 7.45. The SMILES string of the molecule is COc1c(C)cc(N(C)CC(C)N)cc1C. The van der Waals surface area contributed by atoms with Crippen LogP contribution in [-0.4, -0.2) is 26.7 Å². The van der Waals surface area contributed by atoms with Crippen LogP contribution in [0.25, 0.3) is 0 Å². The largest absolute Gasteiger partial charge is 0.496 e. The number of nitrogens with zero attached hydrogens (tertiary/aromatic N) is 1. The minimum Gasteiger partial charge on any atom is -0.496 e. The van der Waals surface area contributed by atoms with E-state index in [9.17, 15) is 0 Å². The number of likely N-dealkylation sites (N-methyl/N-ethyl adjacent to an activating group) is 1. The van der Waals surface area contributed by atoms with E-state index in [4.69, 9.17) is 10.5 Å². The van der Waals surface area contributed by atoms with Crippen molar-refractivity contribution in [1.82, 2.24) is 0 Å². The Labute approximate surface area is 98.2 Å². The second-order valence-corrected chi connectivity index (χ2v) is 4.47. The van der Waals surface area contributed by atoms with Gasteiger partial charge in [0.25, 0.3) is 0 Å². The molecule has 2 N–H and O–H groups in total. The van der Waals surface area contributed by atoms with Gasteiger partial charge in [0.15, 0.2) is 0 Å². The lowest BCUT2D eigenvalue weighted by Crippen LogP contribution is -2.32. The second kappa shape index (κ2) is 5.21. The molecule has 0 bridgehead atoms. The Balaban J connectivity index is 2.99. The molecule has 0 aliphatic rings. The lowest BCUT2D eigenvalue weighted by Gasteiger charge is -2.23. The van der Waals surface area contributed by atoms with Crippen LogP contribution in [0.5, 0.6) is 5.75 Å². The Hall–Kier alpha value is -1.22. The van der Waals surface area contributed by atoms with E-state index in [1.807, 2.05) is 6.92 Å². The smallest absolute Gasteiger partial charge is 0.124 e. The number of ether oxygens (including phenoxy) is 1. The quantitative estimate of drug-likeness (QED) is 0.848. The highest BCUT2D eigenvalue weighted by Crippen LogP contribution is 2.28. The van der Waals surface area contributed by atoms with Crippen LogP contribution in [-0.2, 0) is 0 Å². The van der Waals surface area contributed by atoms with E-state index in [0.29, 0.717) is 0 Å². The van der Waals surface area contributed by atoms with Crippen LogP contribution in [0, 0.1) is 13.8 Å². The van der Waals surface area contributed by atoms with Crippen molar-refractivity contribution < 1.29 is 4.74 Å². The molecule has 1 atom stereocenters. The molecule has 0 fully saturated rings. The van der Waals surface area contributed by atoms with E-state index in [-0.39, 0.29) is 6.04 Å². The molecular formula is C13H22N2O. The number of nitrogens with two attached hydrogens (primary N) is 1. The number of benzene rings is 1. The first-order valence-electron chi connectivity index (χ1n) is 5.57. The summed E-state index contributed by atoms with van der Waals surface area (Å²) < 4.78 is 5.35. The van der Waals surface area contributed by atoms with Gasteiger partial charge in [-0.2, -0.15) is 0 Å². The van der Waals surface area contributed by atoms with Crippen molar-refractivity contribution in [2.45, 2.75) is 26.8 Å². The first-order valence-corrected chi connectivity index (χ1v) is 5.57. The van der Waals surface area contributed by atoms with Gasteiger partial charge in [0.1, 0.15) is 5.75 Å². The van der Waals surface area contributed by atoms with Gasteiger partial charge in [-0.3, -0.25) is 0 Å². The number of rotatable bonds is 4.